The number of benzene rings is 1. The molecule has 0 saturated carbocycles. The molecular weight excluding hydrogens is 1020 g/mol. The van der Waals surface area contributed by atoms with Gasteiger partial charge in [0.2, 0.25) is 53.2 Å². The normalized spacial score (nSPS) is 16.3. The van der Waals surface area contributed by atoms with Crippen LogP contribution in [0.5, 0.6) is 5.75 Å². The second-order valence-electron chi connectivity index (χ2n) is 18.3. The molecule has 9 atom stereocenters. The van der Waals surface area contributed by atoms with Gasteiger partial charge in [-0.05, 0) is 74.3 Å². The molecule has 1 saturated heterocycles. The molecule has 1 aliphatic heterocycles. The average molecular weight is 1090 g/mol. The number of aliphatic hydroxyl groups excluding tert-OH is 3. The number of aromatic amines is 1. The number of aliphatic hydroxyl groups is 3. The molecule has 422 valence electrons. The summed E-state index contributed by atoms with van der Waals surface area (Å²) >= 11 is 1.36. The highest BCUT2D eigenvalue weighted by molar-refractivity contribution is 7.98. The second-order valence-corrected chi connectivity index (χ2v) is 19.3. The SMILES string of the molecule is CSCC[C@H](NC(=O)[C@H](Cc1ccc(O)cc1)NC(=O)CNC(=O)[C@@H](NC(=O)[C@H](CO)NC(=O)[C@H](CO)NC(=O)[C@H](CO)NC(=O)[C@@H]1CCCN1C(=O)[C@@H](N)CCCCN)C(C)C)C(=O)N[C@@H](Cc1cnc[nH]1)C(=O)O. The molecule has 1 fully saturated rings. The molecule has 76 heavy (non-hydrogen) atoms. The zero-order valence-corrected chi connectivity index (χ0v) is 43.4. The van der Waals surface area contributed by atoms with E-state index in [-0.39, 0.29) is 38.0 Å². The highest BCUT2D eigenvalue weighted by atomic mass is 32.2. The van der Waals surface area contributed by atoms with E-state index in [0.717, 1.165) is 0 Å². The number of aromatic hydroxyl groups is 1. The molecule has 18 N–H and O–H groups in total. The van der Waals surface area contributed by atoms with Gasteiger partial charge >= 0.3 is 5.97 Å². The molecule has 1 aromatic heterocycles. The third-order valence-corrected chi connectivity index (χ3v) is 12.8. The van der Waals surface area contributed by atoms with E-state index >= 15 is 0 Å². The van der Waals surface area contributed by atoms with Crippen molar-refractivity contribution in [3.8, 4) is 5.75 Å². The van der Waals surface area contributed by atoms with E-state index in [2.05, 4.69) is 52.5 Å². The van der Waals surface area contributed by atoms with Crippen LogP contribution in [-0.4, -0.2) is 205 Å². The number of carboxylic acid groups (broad SMARTS) is 1. The van der Waals surface area contributed by atoms with Crippen molar-refractivity contribution in [2.24, 2.45) is 17.4 Å². The lowest BCUT2D eigenvalue weighted by Crippen LogP contribution is -2.61. The van der Waals surface area contributed by atoms with Crippen molar-refractivity contribution in [3.05, 3.63) is 48.0 Å². The summed E-state index contributed by atoms with van der Waals surface area (Å²) in [6, 6.07) is -6.87. The number of unbranched alkanes of at least 4 members (excludes halogenated alkanes) is 1. The standard InChI is InChI=1S/C47H73N13O15S/c1-25(2)38(59-43(70)35(23-63)57-41(68)33(21-61)56-42(69)34(22-62)58-44(71)36-8-6-15-60(36)46(73)29(49)7-4-5-14-48)45(72)51-20-37(65)53-31(17-26-9-11-28(64)12-10-26)40(67)54-30(13-16-76-3)39(66)55-32(47(74)75)18-27-19-50-24-52-27/h9-12,19,24-25,29-36,38,61-64H,4-8,13-18,20-23,48-49H2,1-3H3,(H,50,52)(H,51,72)(H,53,65)(H,54,67)(H,55,66)(H,56,69)(H,57,68)(H,58,71)(H,59,70)(H,74,75)/t29-,30-,31-,32-,33-,34-,35-,36-,38-/m0/s1. The smallest absolute Gasteiger partial charge is 0.326 e. The maximum atomic E-state index is 13.9. The Morgan fingerprint density at radius 3 is 1.86 bits per heavy atom. The number of amides is 9. The van der Waals surface area contributed by atoms with Crippen LogP contribution in [0.1, 0.15) is 63.6 Å². The van der Waals surface area contributed by atoms with E-state index in [1.807, 2.05) is 0 Å². The fourth-order valence-corrected chi connectivity index (χ4v) is 8.27. The van der Waals surface area contributed by atoms with Gasteiger partial charge < -0.3 is 89.4 Å². The van der Waals surface area contributed by atoms with Crippen LogP contribution in [0.3, 0.4) is 0 Å². The van der Waals surface area contributed by atoms with Gasteiger partial charge in [-0.3, -0.25) is 43.2 Å². The van der Waals surface area contributed by atoms with Gasteiger partial charge in [-0.15, -0.1) is 0 Å². The fraction of sp³-hybridized carbons (Fsp3) is 0.596. The largest absolute Gasteiger partial charge is 0.508 e. The van der Waals surface area contributed by atoms with Crippen molar-refractivity contribution in [3.63, 3.8) is 0 Å². The predicted octanol–water partition coefficient (Wildman–Crippen LogP) is -5.67. The first-order valence-corrected chi connectivity index (χ1v) is 26.0. The number of nitrogens with zero attached hydrogens (tertiary/aromatic N) is 2. The number of phenolic OH excluding ortho intramolecular Hbond substituents is 1. The Morgan fingerprint density at radius 1 is 0.737 bits per heavy atom. The minimum atomic E-state index is -1.79. The van der Waals surface area contributed by atoms with Crippen molar-refractivity contribution >= 4 is 70.9 Å². The first kappa shape index (κ1) is 63.4. The van der Waals surface area contributed by atoms with E-state index in [4.69, 9.17) is 11.5 Å². The van der Waals surface area contributed by atoms with Gasteiger partial charge in [-0.2, -0.15) is 11.8 Å². The van der Waals surface area contributed by atoms with Gasteiger partial charge in [0, 0.05) is 31.3 Å². The summed E-state index contributed by atoms with van der Waals surface area (Å²) in [5, 5.41) is 68.8. The van der Waals surface area contributed by atoms with Gasteiger partial charge in [-0.25, -0.2) is 9.78 Å². The Balaban J connectivity index is 1.64. The molecule has 1 aromatic carbocycles. The molecule has 28 nitrogen and oxygen atoms in total. The molecule has 0 radical (unpaired) electrons. The zero-order valence-electron chi connectivity index (χ0n) is 42.6. The first-order chi connectivity index (χ1) is 36.2. The fourth-order valence-electron chi connectivity index (χ4n) is 7.80. The number of hydrogen-bond acceptors (Lipinski definition) is 18. The van der Waals surface area contributed by atoms with Crippen LogP contribution in [0.15, 0.2) is 36.8 Å². The number of imidazole rings is 1. The maximum Gasteiger partial charge on any atom is 0.326 e. The van der Waals surface area contributed by atoms with Crippen LogP contribution >= 0.6 is 11.8 Å². The summed E-state index contributed by atoms with van der Waals surface area (Å²) in [6.45, 7) is -0.0928. The third kappa shape index (κ3) is 20.3. The van der Waals surface area contributed by atoms with E-state index in [1.165, 1.54) is 67.3 Å². The number of aromatic nitrogens is 2. The number of rotatable bonds is 33. The number of carbonyl (C=O) groups excluding carboxylic acids is 9. The minimum Gasteiger partial charge on any atom is -0.508 e. The Kier molecular flexibility index (Phi) is 27.1. The molecule has 2 heterocycles. The van der Waals surface area contributed by atoms with Crippen molar-refractivity contribution in [1.82, 2.24) is 57.4 Å². The lowest BCUT2D eigenvalue weighted by molar-refractivity contribution is -0.142. The Labute approximate surface area is 442 Å². The Morgan fingerprint density at radius 2 is 1.30 bits per heavy atom. The number of phenols is 1. The number of likely N-dealkylation sites (tertiary alicyclic amines) is 1. The van der Waals surface area contributed by atoms with Crippen LogP contribution in [-0.2, 0) is 60.8 Å². The summed E-state index contributed by atoms with van der Waals surface area (Å²) < 4.78 is 0. The molecule has 0 bridgehead atoms. The van der Waals surface area contributed by atoms with Crippen molar-refractivity contribution in [2.75, 3.05) is 51.5 Å². The summed E-state index contributed by atoms with van der Waals surface area (Å²) in [4.78, 5) is 140. The van der Waals surface area contributed by atoms with Crippen molar-refractivity contribution < 1.29 is 73.5 Å². The lowest BCUT2D eigenvalue weighted by atomic mass is 10.0. The molecule has 1 aliphatic rings. The number of aliphatic carboxylic acids is 1. The average Bonchev–Trinajstić information content (AvgIpc) is 4.11. The first-order valence-electron chi connectivity index (χ1n) is 24.6. The molecule has 3 rings (SSSR count). The molecule has 0 aliphatic carbocycles. The van der Waals surface area contributed by atoms with E-state index in [0.29, 0.717) is 49.2 Å². The third-order valence-electron chi connectivity index (χ3n) is 12.1. The lowest BCUT2D eigenvalue weighted by Gasteiger charge is -2.28. The Bertz CT molecular complexity index is 2260. The summed E-state index contributed by atoms with van der Waals surface area (Å²) in [5.41, 5.74) is 12.5. The van der Waals surface area contributed by atoms with Crippen LogP contribution in [0.25, 0.3) is 0 Å². The van der Waals surface area contributed by atoms with E-state index in [1.54, 1.807) is 6.26 Å². The molecule has 2 aromatic rings. The minimum absolute atomic E-state index is 0.0673. The molecule has 0 unspecified atom stereocenters. The second kappa shape index (κ2) is 32.5. The number of carbonyl (C=O) groups is 10. The van der Waals surface area contributed by atoms with Crippen LogP contribution in [0.4, 0.5) is 0 Å². The van der Waals surface area contributed by atoms with Gasteiger partial charge in [0.1, 0.15) is 54.1 Å². The summed E-state index contributed by atoms with van der Waals surface area (Å²) in [5.74, 6) is -9.86. The van der Waals surface area contributed by atoms with Gasteiger partial charge in [0.05, 0.1) is 38.7 Å². The molecule has 0 spiro atoms. The highest BCUT2D eigenvalue weighted by Crippen LogP contribution is 2.20. The monoisotopic (exact) mass is 1090 g/mol. The molecular formula is C47H73N13O15S. The summed E-state index contributed by atoms with van der Waals surface area (Å²) in [6.07, 6.45) is 6.58. The van der Waals surface area contributed by atoms with Gasteiger partial charge in [-0.1, -0.05) is 32.4 Å². The van der Waals surface area contributed by atoms with Crippen molar-refractivity contribution in [1.29, 1.82) is 0 Å². The number of H-pyrrole nitrogens is 1. The number of nitrogens with two attached hydrogens (primary N) is 2. The topological polar surface area (TPSA) is 452 Å². The zero-order chi connectivity index (χ0) is 56.5. The Hall–Kier alpha value is -6.92. The van der Waals surface area contributed by atoms with Gasteiger partial charge in [0.25, 0.3) is 0 Å². The quantitative estimate of drug-likeness (QED) is 0.0296. The maximum absolute atomic E-state index is 13.9. The van der Waals surface area contributed by atoms with Crippen LogP contribution < -0.4 is 54.0 Å². The molecule has 29 heteroatoms. The number of thioether (sulfide) groups is 1. The van der Waals surface area contributed by atoms with E-state index < -0.39 is 146 Å². The summed E-state index contributed by atoms with van der Waals surface area (Å²) in [7, 11) is 0. The van der Waals surface area contributed by atoms with Gasteiger partial charge in [0.15, 0.2) is 0 Å². The number of nitrogens with one attached hydrogen (secondary N) is 9. The van der Waals surface area contributed by atoms with Crippen LogP contribution in [0, 0.1) is 5.92 Å². The predicted molar refractivity (Wildman–Crippen MR) is 273 cm³/mol. The highest BCUT2D eigenvalue weighted by Gasteiger charge is 2.39. The molecule has 9 amide bonds. The van der Waals surface area contributed by atoms with Crippen LogP contribution in [0.2, 0.25) is 0 Å². The number of carboxylic acids is 1. The number of hydrogen-bond donors (Lipinski definition) is 16. The van der Waals surface area contributed by atoms with E-state index in [9.17, 15) is 73.5 Å². The van der Waals surface area contributed by atoms with Crippen molar-refractivity contribution in [2.45, 2.75) is 120 Å².